The van der Waals surface area contributed by atoms with Gasteiger partial charge in [0, 0.05) is 36.2 Å². The molecule has 3 rings (SSSR count). The van der Waals surface area contributed by atoms with Crippen LogP contribution in [0.2, 0.25) is 0 Å². The Labute approximate surface area is 164 Å². The van der Waals surface area contributed by atoms with Gasteiger partial charge in [-0.1, -0.05) is 12.1 Å². The molecule has 0 amide bonds. The fourth-order valence-electron chi connectivity index (χ4n) is 2.67. The molecular weight excluding hydrogens is 365 g/mol. The molecule has 1 aliphatic heterocycles. The number of ether oxygens (including phenoxy) is 3. The van der Waals surface area contributed by atoms with Crippen molar-refractivity contribution in [2.75, 3.05) is 7.11 Å². The van der Waals surface area contributed by atoms with Gasteiger partial charge in [-0.05, 0) is 31.9 Å². The summed E-state index contributed by atoms with van der Waals surface area (Å²) >= 11 is 0. The molecule has 1 aromatic carbocycles. The van der Waals surface area contributed by atoms with Gasteiger partial charge in [-0.25, -0.2) is 4.79 Å². The van der Waals surface area contributed by atoms with E-state index in [4.69, 9.17) is 32.3 Å². The second-order valence-electron chi connectivity index (χ2n) is 6.92. The second kappa shape index (κ2) is 9.33. The molecule has 1 saturated heterocycles. The average Bonchev–Trinajstić information content (AvgIpc) is 3.24. The van der Waals surface area contributed by atoms with Gasteiger partial charge in [0.05, 0.1) is 0 Å². The van der Waals surface area contributed by atoms with Gasteiger partial charge in [0.2, 0.25) is 0 Å². The van der Waals surface area contributed by atoms with Gasteiger partial charge in [0.1, 0.15) is 12.3 Å². The molecule has 9 heteroatoms. The van der Waals surface area contributed by atoms with Crippen molar-refractivity contribution in [3.63, 3.8) is 0 Å². The van der Waals surface area contributed by atoms with Crippen LogP contribution in [0.1, 0.15) is 42.6 Å². The van der Waals surface area contributed by atoms with E-state index in [2.05, 4.69) is 4.98 Å². The number of aliphatic hydroxyl groups is 2. The molecule has 28 heavy (non-hydrogen) atoms. The van der Waals surface area contributed by atoms with Crippen LogP contribution in [0.5, 0.6) is 0 Å². The van der Waals surface area contributed by atoms with Crippen LogP contribution in [0.25, 0.3) is 10.9 Å². The van der Waals surface area contributed by atoms with Crippen molar-refractivity contribution in [3.05, 3.63) is 35.5 Å². The minimum Gasteiger partial charge on any atom is -0.459 e. The molecule has 0 aliphatic carbocycles. The molecule has 1 fully saturated rings. The van der Waals surface area contributed by atoms with Gasteiger partial charge in [0.15, 0.2) is 26.0 Å². The minimum absolute atomic E-state index is 0.136. The summed E-state index contributed by atoms with van der Waals surface area (Å²) in [5, 5.41) is 16.9. The van der Waals surface area contributed by atoms with E-state index < -0.39 is 23.5 Å². The lowest BCUT2D eigenvalue weighted by Crippen LogP contribution is -2.24. The van der Waals surface area contributed by atoms with Gasteiger partial charge in [-0.15, -0.1) is 0 Å². The number of methoxy groups -OCH3 is 1. The monoisotopic (exact) mass is 389 g/mol. The zero-order valence-electron chi connectivity index (χ0n) is 16.1. The van der Waals surface area contributed by atoms with Gasteiger partial charge >= 0.3 is 5.97 Å². The quantitative estimate of drug-likeness (QED) is 0.402. The molecule has 2 radical (unpaired) electrons. The van der Waals surface area contributed by atoms with E-state index >= 15 is 0 Å². The van der Waals surface area contributed by atoms with E-state index in [1.54, 1.807) is 25.4 Å². The Kier molecular flexibility index (Phi) is 7.37. The Bertz CT molecular complexity index is 821. The van der Waals surface area contributed by atoms with E-state index in [0.29, 0.717) is 18.4 Å². The van der Waals surface area contributed by atoms with Crippen molar-refractivity contribution in [1.29, 1.82) is 0 Å². The molecule has 1 aromatic heterocycles. The Hall–Kier alpha value is -2.20. The third-order valence-electron chi connectivity index (χ3n) is 3.90. The number of carbonyl (C=O) groups excluding carboxylic acids is 2. The number of benzene rings is 1. The number of carbonyl (C=O) groups is 2. The zero-order valence-corrected chi connectivity index (χ0v) is 16.1. The Morgan fingerprint density at radius 1 is 1.32 bits per heavy atom. The highest BCUT2D eigenvalue weighted by atomic mass is 16.7. The molecule has 3 N–H and O–H groups in total. The third-order valence-corrected chi connectivity index (χ3v) is 3.90. The summed E-state index contributed by atoms with van der Waals surface area (Å²) in [6, 6.07) is 5.40. The van der Waals surface area contributed by atoms with Crippen LogP contribution in [0.3, 0.4) is 0 Å². The number of hydrogen-bond acceptors (Lipinski definition) is 7. The fraction of sp³-hybridized carbons (Fsp3) is 0.474. The first-order valence-corrected chi connectivity index (χ1v) is 8.78. The maximum atomic E-state index is 12.0. The van der Waals surface area contributed by atoms with Crippen molar-refractivity contribution < 1.29 is 34.0 Å². The van der Waals surface area contributed by atoms with E-state index in [-0.39, 0.29) is 12.9 Å². The van der Waals surface area contributed by atoms with Gasteiger partial charge in [-0.3, -0.25) is 0 Å². The number of hydrogen-bond donors (Lipinski definition) is 3. The zero-order chi connectivity index (χ0) is 20.9. The van der Waals surface area contributed by atoms with E-state index in [1.165, 1.54) is 13.8 Å². The van der Waals surface area contributed by atoms with Gasteiger partial charge in [-0.2, -0.15) is 0 Å². The Morgan fingerprint density at radius 3 is 2.57 bits per heavy atom. The van der Waals surface area contributed by atoms with Crippen LogP contribution < -0.4 is 0 Å². The van der Waals surface area contributed by atoms with Crippen molar-refractivity contribution in [2.45, 2.75) is 51.5 Å². The summed E-state index contributed by atoms with van der Waals surface area (Å²) in [7, 11) is 6.85. The minimum atomic E-state index is -1.50. The third kappa shape index (κ3) is 6.45. The van der Waals surface area contributed by atoms with E-state index in [9.17, 15) is 9.59 Å². The largest absolute Gasteiger partial charge is 0.459 e. The van der Waals surface area contributed by atoms with Crippen LogP contribution >= 0.6 is 0 Å². The van der Waals surface area contributed by atoms with E-state index in [0.717, 1.165) is 16.5 Å². The first-order chi connectivity index (χ1) is 13.1. The van der Waals surface area contributed by atoms with Crippen LogP contribution in [-0.4, -0.2) is 60.0 Å². The molecule has 8 nitrogen and oxygen atoms in total. The first-order valence-electron chi connectivity index (χ1n) is 8.78. The molecule has 1 aliphatic rings. The number of aromatic amines is 1. The number of H-pyrrole nitrogens is 1. The number of nitrogens with one attached hydrogen (secondary N) is 1. The van der Waals surface area contributed by atoms with E-state index in [1.807, 2.05) is 6.07 Å². The molecule has 150 valence electrons. The lowest BCUT2D eigenvalue weighted by Gasteiger charge is -2.12. The van der Waals surface area contributed by atoms with Crippen molar-refractivity contribution >= 4 is 30.4 Å². The summed E-state index contributed by atoms with van der Waals surface area (Å²) < 4.78 is 15.7. The van der Waals surface area contributed by atoms with Crippen molar-refractivity contribution in [2.24, 2.45) is 0 Å². The van der Waals surface area contributed by atoms with Crippen LogP contribution in [0.15, 0.2) is 24.4 Å². The number of rotatable bonds is 5. The molecular formula is C19H24BNO7. The van der Waals surface area contributed by atoms with Crippen LogP contribution in [0.4, 0.5) is 0 Å². The lowest BCUT2D eigenvalue weighted by atomic mass is 9.94. The Morgan fingerprint density at radius 2 is 2.00 bits per heavy atom. The second-order valence-corrected chi connectivity index (χ2v) is 6.92. The first kappa shape index (κ1) is 22.1. The fourth-order valence-corrected chi connectivity index (χ4v) is 2.67. The SMILES string of the molecule is CC(C)(O)O.[B]C(=O)c1c[nH]c2cc(COC(=O)C3CCC(OC)O3)ccc12. The maximum absolute atomic E-state index is 12.0. The normalized spacial score (nSPS) is 19.2. The van der Waals surface area contributed by atoms with Crippen LogP contribution in [-0.2, 0) is 25.6 Å². The van der Waals surface area contributed by atoms with Crippen molar-refractivity contribution in [1.82, 2.24) is 4.98 Å². The highest BCUT2D eigenvalue weighted by Gasteiger charge is 2.31. The smallest absolute Gasteiger partial charge is 0.335 e. The number of esters is 1. The summed E-state index contributed by atoms with van der Waals surface area (Å²) in [5.41, 5.74) is 1.53. The Balaban J connectivity index is 0.000000500. The highest BCUT2D eigenvalue weighted by Crippen LogP contribution is 2.23. The predicted molar refractivity (Wildman–Crippen MR) is 102 cm³/mol. The average molecular weight is 389 g/mol. The molecule has 0 bridgehead atoms. The standard InChI is InChI=1S/C16H16BNO5.C3H8O2/c1-21-14-5-4-13(23-14)16(20)22-8-9-2-3-10-11(15(17)19)7-18-12(10)6-9;1-3(2,4)5/h2-3,6-7,13-14,18H,4-5,8H2,1H3;4-5H,1-2H3. The van der Waals surface area contributed by atoms with Crippen molar-refractivity contribution in [3.8, 4) is 0 Å². The molecule has 2 aromatic rings. The van der Waals surface area contributed by atoms with Gasteiger partial charge < -0.3 is 34.2 Å². The molecule has 2 atom stereocenters. The summed E-state index contributed by atoms with van der Waals surface area (Å²) in [5.74, 6) is -1.89. The highest BCUT2D eigenvalue weighted by molar-refractivity contribution is 6.63. The number of aromatic nitrogens is 1. The lowest BCUT2D eigenvalue weighted by molar-refractivity contribution is -0.170. The summed E-state index contributed by atoms with van der Waals surface area (Å²) in [6.45, 7) is 2.73. The number of fused-ring (bicyclic) bond motifs is 1. The van der Waals surface area contributed by atoms with Gasteiger partial charge in [0.25, 0.3) is 0 Å². The summed E-state index contributed by atoms with van der Waals surface area (Å²) in [4.78, 5) is 26.2. The van der Waals surface area contributed by atoms with Crippen LogP contribution in [0, 0.1) is 0 Å². The topological polar surface area (TPSA) is 118 Å². The predicted octanol–water partition coefficient (Wildman–Crippen LogP) is 1.38. The molecule has 2 heterocycles. The summed E-state index contributed by atoms with van der Waals surface area (Å²) in [6.07, 6.45) is 1.93. The molecule has 0 spiro atoms. The molecule has 2 unspecified atom stereocenters. The maximum Gasteiger partial charge on any atom is 0.335 e. The molecule has 0 saturated carbocycles.